The Kier molecular flexibility index (Phi) is 5.70. The van der Waals surface area contributed by atoms with Crippen LogP contribution < -0.4 is 5.32 Å². The molecule has 3 aromatic heterocycles. The molecule has 4 rings (SSSR count). The van der Waals surface area contributed by atoms with E-state index in [2.05, 4.69) is 25.4 Å². The van der Waals surface area contributed by atoms with E-state index in [9.17, 15) is 4.79 Å². The molecule has 0 saturated carbocycles. The minimum atomic E-state index is -1.62. The summed E-state index contributed by atoms with van der Waals surface area (Å²) < 4.78 is 22.8. The summed E-state index contributed by atoms with van der Waals surface area (Å²) in [5.41, 5.74) is 0.460. The summed E-state index contributed by atoms with van der Waals surface area (Å²) >= 11 is 0. The van der Waals surface area contributed by atoms with Gasteiger partial charge in [0.15, 0.2) is 5.82 Å². The third-order valence-corrected chi connectivity index (χ3v) is 5.21. The summed E-state index contributed by atoms with van der Waals surface area (Å²) in [4.78, 5) is 27.3. The lowest BCUT2D eigenvalue weighted by atomic mass is 9.95. The van der Waals surface area contributed by atoms with Gasteiger partial charge in [-0.25, -0.2) is 19.2 Å². The van der Waals surface area contributed by atoms with Crippen molar-refractivity contribution in [2.75, 3.05) is 25.0 Å². The fourth-order valence-electron chi connectivity index (χ4n) is 3.75. The molecule has 0 unspecified atom stereocenters. The number of rotatable bonds is 4. The number of alkyl halides is 1. The predicted octanol–water partition coefficient (Wildman–Crippen LogP) is 3.58. The number of nitrogens with one attached hydrogen (secondary N) is 1. The number of fused-ring (bicyclic) bond motifs is 1. The molecule has 1 saturated heterocycles. The van der Waals surface area contributed by atoms with Crippen molar-refractivity contribution in [1.29, 1.82) is 0 Å². The summed E-state index contributed by atoms with van der Waals surface area (Å²) in [6, 6.07) is 1.83. The molecule has 0 spiro atoms. The van der Waals surface area contributed by atoms with Crippen LogP contribution in [0.25, 0.3) is 22.3 Å². The largest absolute Gasteiger partial charge is 0.444 e. The van der Waals surface area contributed by atoms with Crippen molar-refractivity contribution in [3.63, 3.8) is 0 Å². The van der Waals surface area contributed by atoms with E-state index in [-0.39, 0.29) is 13.1 Å². The van der Waals surface area contributed by atoms with Gasteiger partial charge in [0.2, 0.25) is 0 Å². The number of aromatic nitrogens is 5. The number of hydrogen-bond donors (Lipinski definition) is 1. The van der Waals surface area contributed by atoms with Crippen molar-refractivity contribution in [1.82, 2.24) is 29.6 Å². The van der Waals surface area contributed by atoms with E-state index in [1.54, 1.807) is 44.0 Å². The van der Waals surface area contributed by atoms with Crippen LogP contribution in [0.2, 0.25) is 0 Å². The highest BCUT2D eigenvalue weighted by molar-refractivity contribution is 5.88. The molecule has 4 heterocycles. The quantitative estimate of drug-likeness (QED) is 0.661. The summed E-state index contributed by atoms with van der Waals surface area (Å²) in [6.45, 7) is 5.82. The van der Waals surface area contributed by atoms with Crippen LogP contribution in [0, 0.1) is 0 Å². The van der Waals surface area contributed by atoms with Gasteiger partial charge in [-0.1, -0.05) is 0 Å². The number of amides is 1. The Labute approximate surface area is 186 Å². The van der Waals surface area contributed by atoms with Crippen LogP contribution in [0.5, 0.6) is 0 Å². The van der Waals surface area contributed by atoms with Gasteiger partial charge in [0, 0.05) is 37.7 Å². The standard InChI is InChI=1S/C22H28FN7O2/c1-21(2,3)32-20(31)30-9-5-6-22(23,14-30)13-26-19-18-17(24-7-8-25-18)10-16(28-19)15-11-27-29(4)12-15/h7-8,10-12H,5-6,9,13-14H2,1-4H3,(H,26,28)/t22-/m1/s1. The smallest absolute Gasteiger partial charge is 0.410 e. The molecule has 1 aliphatic rings. The van der Waals surface area contributed by atoms with Crippen LogP contribution in [-0.4, -0.2) is 66.6 Å². The zero-order valence-electron chi connectivity index (χ0n) is 18.8. The van der Waals surface area contributed by atoms with Gasteiger partial charge < -0.3 is 15.0 Å². The zero-order chi connectivity index (χ0) is 22.9. The van der Waals surface area contributed by atoms with Crippen LogP contribution in [0.3, 0.4) is 0 Å². The second-order valence-electron chi connectivity index (χ2n) is 9.19. The average Bonchev–Trinajstić information content (AvgIpc) is 3.17. The van der Waals surface area contributed by atoms with Gasteiger partial charge in [-0.3, -0.25) is 9.67 Å². The highest BCUT2D eigenvalue weighted by atomic mass is 19.1. The summed E-state index contributed by atoms with van der Waals surface area (Å²) in [5, 5.41) is 7.32. The third-order valence-electron chi connectivity index (χ3n) is 5.21. The lowest BCUT2D eigenvalue weighted by molar-refractivity contribution is -0.00210. The number of likely N-dealkylation sites (tertiary alicyclic amines) is 1. The number of pyridine rings is 1. The fourth-order valence-corrected chi connectivity index (χ4v) is 3.75. The number of nitrogens with zero attached hydrogens (tertiary/aromatic N) is 6. The molecule has 10 heteroatoms. The van der Waals surface area contributed by atoms with Crippen molar-refractivity contribution in [2.24, 2.45) is 7.05 Å². The SMILES string of the molecule is Cn1cc(-c2cc3nccnc3c(NC[C@]3(F)CCCN(C(=O)OC(C)(C)C)C3)n2)cn1. The third kappa shape index (κ3) is 4.95. The van der Waals surface area contributed by atoms with Crippen LogP contribution in [0.4, 0.5) is 15.0 Å². The van der Waals surface area contributed by atoms with Crippen LogP contribution in [-0.2, 0) is 11.8 Å². The van der Waals surface area contributed by atoms with E-state index in [0.717, 1.165) is 5.56 Å². The molecule has 0 radical (unpaired) electrons. The molecule has 9 nitrogen and oxygen atoms in total. The molecule has 1 N–H and O–H groups in total. The van der Waals surface area contributed by atoms with E-state index in [1.165, 1.54) is 4.90 Å². The van der Waals surface area contributed by atoms with E-state index in [1.807, 2.05) is 19.3 Å². The van der Waals surface area contributed by atoms with Crippen LogP contribution >= 0.6 is 0 Å². The summed E-state index contributed by atoms with van der Waals surface area (Å²) in [7, 11) is 1.83. The van der Waals surface area contributed by atoms with Gasteiger partial charge in [-0.05, 0) is 39.7 Å². The van der Waals surface area contributed by atoms with Gasteiger partial charge in [0.25, 0.3) is 0 Å². The lowest BCUT2D eigenvalue weighted by Crippen LogP contribution is -2.52. The molecule has 1 amide bonds. The van der Waals surface area contributed by atoms with Crippen molar-refractivity contribution >= 4 is 22.9 Å². The molecule has 1 atom stereocenters. The van der Waals surface area contributed by atoms with E-state index in [4.69, 9.17) is 4.74 Å². The first-order valence-electron chi connectivity index (χ1n) is 10.6. The Bertz CT molecular complexity index is 1130. The summed E-state index contributed by atoms with van der Waals surface area (Å²) in [5.74, 6) is 0.445. The van der Waals surface area contributed by atoms with Crippen molar-refractivity contribution in [3.8, 4) is 11.3 Å². The number of anilines is 1. The zero-order valence-corrected chi connectivity index (χ0v) is 18.8. The lowest BCUT2D eigenvalue weighted by Gasteiger charge is -2.38. The molecule has 170 valence electrons. The van der Waals surface area contributed by atoms with E-state index < -0.39 is 17.4 Å². The fraction of sp³-hybridized carbons (Fsp3) is 0.500. The molecular weight excluding hydrogens is 413 g/mol. The van der Waals surface area contributed by atoms with Gasteiger partial charge in [-0.15, -0.1) is 0 Å². The number of carbonyl (C=O) groups excluding carboxylic acids is 1. The number of carbonyl (C=O) groups is 1. The minimum absolute atomic E-state index is 0.0124. The van der Waals surface area contributed by atoms with Gasteiger partial charge in [0.05, 0.1) is 30.5 Å². The second-order valence-corrected chi connectivity index (χ2v) is 9.19. The van der Waals surface area contributed by atoms with Gasteiger partial charge >= 0.3 is 6.09 Å². The number of ether oxygens (including phenoxy) is 1. The molecule has 0 aliphatic carbocycles. The molecule has 1 fully saturated rings. The average molecular weight is 442 g/mol. The maximum Gasteiger partial charge on any atom is 0.410 e. The van der Waals surface area contributed by atoms with Gasteiger partial charge in [0.1, 0.15) is 16.8 Å². The van der Waals surface area contributed by atoms with Crippen molar-refractivity contribution < 1.29 is 13.9 Å². The van der Waals surface area contributed by atoms with Crippen LogP contribution in [0.15, 0.2) is 30.9 Å². The normalized spacial score (nSPS) is 19.2. The predicted molar refractivity (Wildman–Crippen MR) is 119 cm³/mol. The first-order chi connectivity index (χ1) is 15.1. The maximum absolute atomic E-state index is 15.7. The first kappa shape index (κ1) is 21.9. The molecular formula is C22H28FN7O2. The molecule has 0 aromatic carbocycles. The highest BCUT2D eigenvalue weighted by Gasteiger charge is 2.39. The van der Waals surface area contributed by atoms with E-state index in [0.29, 0.717) is 41.9 Å². The minimum Gasteiger partial charge on any atom is -0.444 e. The maximum atomic E-state index is 15.7. The Morgan fingerprint density at radius 3 is 2.81 bits per heavy atom. The second kappa shape index (κ2) is 8.33. The van der Waals surface area contributed by atoms with E-state index >= 15 is 4.39 Å². The summed E-state index contributed by atoms with van der Waals surface area (Å²) in [6.07, 6.45) is 7.15. The number of aryl methyl sites for hydroxylation is 1. The van der Waals surface area contributed by atoms with Crippen molar-refractivity contribution in [3.05, 3.63) is 30.9 Å². The Balaban J connectivity index is 1.55. The molecule has 3 aromatic rings. The Morgan fingerprint density at radius 1 is 1.31 bits per heavy atom. The van der Waals surface area contributed by atoms with Crippen molar-refractivity contribution in [2.45, 2.75) is 44.9 Å². The Hall–Kier alpha value is -3.30. The highest BCUT2D eigenvalue weighted by Crippen LogP contribution is 2.29. The topological polar surface area (TPSA) is 98.1 Å². The molecule has 1 aliphatic heterocycles. The number of halogens is 1. The molecule has 32 heavy (non-hydrogen) atoms. The number of hydrogen-bond acceptors (Lipinski definition) is 7. The molecule has 0 bridgehead atoms. The Morgan fingerprint density at radius 2 is 2.09 bits per heavy atom. The first-order valence-corrected chi connectivity index (χ1v) is 10.6. The monoisotopic (exact) mass is 441 g/mol. The van der Waals surface area contributed by atoms with Gasteiger partial charge in [-0.2, -0.15) is 5.10 Å². The number of piperidine rings is 1. The van der Waals surface area contributed by atoms with Crippen LogP contribution in [0.1, 0.15) is 33.6 Å².